The van der Waals surface area contributed by atoms with Crippen LogP contribution < -0.4 is 9.80 Å². The van der Waals surface area contributed by atoms with Gasteiger partial charge < -0.3 is 20.0 Å². The molecule has 2 aliphatic heterocycles. The van der Waals surface area contributed by atoms with Gasteiger partial charge in [0.2, 0.25) is 5.95 Å². The van der Waals surface area contributed by atoms with Gasteiger partial charge in [-0.1, -0.05) is 12.1 Å². The average molecular weight is 385 g/mol. The Hall–Kier alpha value is -1.92. The number of para-hydroxylation sites is 1. The molecule has 2 aromatic rings. The Morgan fingerprint density at radius 1 is 0.893 bits per heavy atom. The van der Waals surface area contributed by atoms with E-state index >= 15 is 0 Å². The van der Waals surface area contributed by atoms with Gasteiger partial charge >= 0.3 is 0 Å². The van der Waals surface area contributed by atoms with Crippen molar-refractivity contribution in [3.8, 4) is 0 Å². The molecule has 0 radical (unpaired) electrons. The van der Waals surface area contributed by atoms with Gasteiger partial charge in [-0.2, -0.15) is 4.98 Å². The summed E-state index contributed by atoms with van der Waals surface area (Å²) in [5, 5.41) is 21.2. The van der Waals surface area contributed by atoms with E-state index < -0.39 is 0 Å². The number of aromatic nitrogens is 2. The molecule has 1 aromatic heterocycles. The fourth-order valence-corrected chi connectivity index (χ4v) is 4.61. The summed E-state index contributed by atoms with van der Waals surface area (Å²) >= 11 is 0. The molecule has 2 N–H and O–H groups in total. The van der Waals surface area contributed by atoms with E-state index in [4.69, 9.17) is 9.97 Å². The highest BCUT2D eigenvalue weighted by Gasteiger charge is 2.28. The van der Waals surface area contributed by atoms with Crippen molar-refractivity contribution in [3.63, 3.8) is 0 Å². The first kappa shape index (κ1) is 19.4. The zero-order valence-corrected chi connectivity index (χ0v) is 17.0. The second kappa shape index (κ2) is 8.21. The molecule has 4 rings (SSSR count). The number of anilines is 2. The zero-order chi connectivity index (χ0) is 19.7. The van der Waals surface area contributed by atoms with Crippen molar-refractivity contribution < 1.29 is 10.2 Å². The number of hydrogen-bond donors (Lipinski definition) is 2. The van der Waals surface area contributed by atoms with E-state index in [0.717, 1.165) is 74.5 Å². The molecule has 2 aliphatic rings. The molecule has 6 nitrogen and oxygen atoms in total. The van der Waals surface area contributed by atoms with Gasteiger partial charge in [-0.3, -0.25) is 0 Å². The number of hydrogen-bond acceptors (Lipinski definition) is 6. The van der Waals surface area contributed by atoms with E-state index in [1.54, 1.807) is 0 Å². The van der Waals surface area contributed by atoms with Crippen LogP contribution >= 0.6 is 0 Å². The van der Waals surface area contributed by atoms with Crippen molar-refractivity contribution in [3.05, 3.63) is 24.3 Å². The first-order chi connectivity index (χ1) is 13.5. The third kappa shape index (κ3) is 3.94. The fourth-order valence-electron chi connectivity index (χ4n) is 4.61. The monoisotopic (exact) mass is 384 g/mol. The van der Waals surface area contributed by atoms with Gasteiger partial charge in [0, 0.05) is 43.4 Å². The summed E-state index contributed by atoms with van der Waals surface area (Å²) in [6.45, 7) is 7.28. The summed E-state index contributed by atoms with van der Waals surface area (Å²) in [5.74, 6) is 2.28. The number of fused-ring (bicyclic) bond motifs is 1. The second-order valence-electron chi connectivity index (χ2n) is 8.54. The maximum Gasteiger partial charge on any atom is 0.227 e. The van der Waals surface area contributed by atoms with Crippen molar-refractivity contribution in [1.82, 2.24) is 9.97 Å². The van der Waals surface area contributed by atoms with Crippen LogP contribution in [0.3, 0.4) is 0 Å². The van der Waals surface area contributed by atoms with Crippen molar-refractivity contribution in [1.29, 1.82) is 0 Å². The number of aliphatic hydroxyl groups excluding tert-OH is 2. The van der Waals surface area contributed by atoms with E-state index in [9.17, 15) is 10.2 Å². The van der Waals surface area contributed by atoms with Crippen molar-refractivity contribution in [2.75, 3.05) is 36.0 Å². The van der Waals surface area contributed by atoms with E-state index in [1.165, 1.54) is 0 Å². The minimum atomic E-state index is -0.309. The molecule has 6 heteroatoms. The average Bonchev–Trinajstić information content (AvgIpc) is 2.73. The minimum absolute atomic E-state index is 0.266. The molecule has 4 unspecified atom stereocenters. The SMILES string of the molecule is CC(O)C1CCCN(c2nc(N3CCCC(C(C)O)C3)c3ccccc3n2)C1. The lowest BCUT2D eigenvalue weighted by Gasteiger charge is -2.37. The van der Waals surface area contributed by atoms with Crippen LogP contribution in [0.25, 0.3) is 10.9 Å². The second-order valence-corrected chi connectivity index (χ2v) is 8.54. The van der Waals surface area contributed by atoms with Crippen LogP contribution in [-0.4, -0.2) is 58.6 Å². The molecule has 0 spiro atoms. The maximum absolute atomic E-state index is 10.1. The quantitative estimate of drug-likeness (QED) is 0.845. The first-order valence-corrected chi connectivity index (χ1v) is 10.7. The topological polar surface area (TPSA) is 72.7 Å². The lowest BCUT2D eigenvalue weighted by Crippen LogP contribution is -2.42. The third-order valence-electron chi connectivity index (χ3n) is 6.43. The molecule has 2 fully saturated rings. The number of piperidine rings is 2. The number of benzene rings is 1. The standard InChI is InChI=1S/C22H32N4O2/c1-15(27)17-7-5-11-25(13-17)21-19-9-3-4-10-20(19)23-22(24-21)26-12-6-8-18(14-26)16(2)28/h3-4,9-10,15-18,27-28H,5-8,11-14H2,1-2H3. The number of nitrogens with zero attached hydrogens (tertiary/aromatic N) is 4. The highest BCUT2D eigenvalue weighted by molar-refractivity contribution is 5.90. The van der Waals surface area contributed by atoms with Gasteiger partial charge in [0.15, 0.2) is 0 Å². The molecule has 0 aliphatic carbocycles. The normalized spacial score (nSPS) is 25.7. The lowest BCUT2D eigenvalue weighted by molar-refractivity contribution is 0.114. The van der Waals surface area contributed by atoms with Crippen molar-refractivity contribution in [2.24, 2.45) is 11.8 Å². The van der Waals surface area contributed by atoms with Crippen molar-refractivity contribution >= 4 is 22.7 Å². The molecule has 4 atom stereocenters. The van der Waals surface area contributed by atoms with E-state index in [2.05, 4.69) is 21.9 Å². The zero-order valence-electron chi connectivity index (χ0n) is 17.0. The molecule has 1 aromatic carbocycles. The summed E-state index contributed by atoms with van der Waals surface area (Å²) in [6.07, 6.45) is 3.62. The van der Waals surface area contributed by atoms with Gasteiger partial charge in [0.1, 0.15) is 5.82 Å². The van der Waals surface area contributed by atoms with Gasteiger partial charge in [-0.25, -0.2) is 4.98 Å². The highest BCUT2D eigenvalue weighted by atomic mass is 16.3. The van der Waals surface area contributed by atoms with Crippen LogP contribution in [0.2, 0.25) is 0 Å². The highest BCUT2D eigenvalue weighted by Crippen LogP contribution is 2.32. The van der Waals surface area contributed by atoms with Crippen LogP contribution in [0.1, 0.15) is 39.5 Å². The van der Waals surface area contributed by atoms with E-state index in [-0.39, 0.29) is 24.0 Å². The molecule has 0 bridgehead atoms. The molecule has 0 saturated carbocycles. The third-order valence-corrected chi connectivity index (χ3v) is 6.43. The predicted molar refractivity (Wildman–Crippen MR) is 113 cm³/mol. The lowest BCUT2D eigenvalue weighted by atomic mass is 9.93. The largest absolute Gasteiger partial charge is 0.393 e. The molecular formula is C22H32N4O2. The van der Waals surface area contributed by atoms with Crippen LogP contribution in [0.5, 0.6) is 0 Å². The van der Waals surface area contributed by atoms with Gasteiger partial charge in [0.05, 0.1) is 17.7 Å². The fraction of sp³-hybridized carbons (Fsp3) is 0.636. The Labute approximate surface area is 167 Å². The van der Waals surface area contributed by atoms with Crippen molar-refractivity contribution in [2.45, 2.75) is 51.7 Å². The first-order valence-electron chi connectivity index (χ1n) is 10.7. The van der Waals surface area contributed by atoms with Gasteiger partial charge in [0.25, 0.3) is 0 Å². The summed E-state index contributed by atoms with van der Waals surface area (Å²) in [5.41, 5.74) is 0.959. The molecule has 152 valence electrons. The van der Waals surface area contributed by atoms with Crippen LogP contribution in [0.4, 0.5) is 11.8 Å². The Kier molecular flexibility index (Phi) is 5.69. The molecule has 0 amide bonds. The van der Waals surface area contributed by atoms with Crippen LogP contribution in [0.15, 0.2) is 24.3 Å². The Balaban J connectivity index is 1.70. The van der Waals surface area contributed by atoms with Crippen LogP contribution in [0, 0.1) is 11.8 Å². The smallest absolute Gasteiger partial charge is 0.227 e. The Bertz CT molecular complexity index is 810. The summed E-state index contributed by atoms with van der Waals surface area (Å²) in [4.78, 5) is 14.4. The summed E-state index contributed by atoms with van der Waals surface area (Å²) in [7, 11) is 0. The predicted octanol–water partition coefficient (Wildman–Crippen LogP) is 2.82. The summed E-state index contributed by atoms with van der Waals surface area (Å²) < 4.78 is 0. The van der Waals surface area contributed by atoms with Crippen LogP contribution in [-0.2, 0) is 0 Å². The minimum Gasteiger partial charge on any atom is -0.393 e. The maximum atomic E-state index is 10.1. The Morgan fingerprint density at radius 2 is 1.50 bits per heavy atom. The van der Waals surface area contributed by atoms with Gasteiger partial charge in [-0.05, 0) is 51.7 Å². The van der Waals surface area contributed by atoms with E-state index in [1.807, 2.05) is 26.0 Å². The Morgan fingerprint density at radius 3 is 2.18 bits per heavy atom. The molecule has 2 saturated heterocycles. The molecule has 3 heterocycles. The number of rotatable bonds is 4. The molecule has 28 heavy (non-hydrogen) atoms. The number of aliphatic hydroxyl groups is 2. The van der Waals surface area contributed by atoms with Gasteiger partial charge in [-0.15, -0.1) is 0 Å². The molecular weight excluding hydrogens is 352 g/mol. The summed E-state index contributed by atoms with van der Waals surface area (Å²) in [6, 6.07) is 8.20. The van der Waals surface area contributed by atoms with E-state index in [0.29, 0.717) is 0 Å².